The molecule has 2 N–H and O–H groups in total. The second-order valence-electron chi connectivity index (χ2n) is 4.24. The molecule has 88 valence electrons. The van der Waals surface area contributed by atoms with Crippen LogP contribution in [0.3, 0.4) is 0 Å². The summed E-state index contributed by atoms with van der Waals surface area (Å²) in [5.41, 5.74) is 6.93. The van der Waals surface area contributed by atoms with E-state index in [2.05, 4.69) is 15.3 Å². The number of thiocarbonyl (C=S) groups is 1. The SMILES string of the molecule is Cc1nc(CN2CCCCC2C(N)=S)cs1. The molecule has 1 aliphatic rings. The Morgan fingerprint density at radius 2 is 2.50 bits per heavy atom. The molecule has 3 nitrogen and oxygen atoms in total. The number of thiazole rings is 1. The van der Waals surface area contributed by atoms with Crippen molar-refractivity contribution < 1.29 is 0 Å². The van der Waals surface area contributed by atoms with Crippen LogP contribution in [0.15, 0.2) is 5.38 Å². The molecule has 2 rings (SSSR count). The molecule has 0 spiro atoms. The van der Waals surface area contributed by atoms with E-state index in [0.717, 1.165) is 30.2 Å². The van der Waals surface area contributed by atoms with E-state index in [1.54, 1.807) is 11.3 Å². The monoisotopic (exact) mass is 255 g/mol. The highest BCUT2D eigenvalue weighted by Gasteiger charge is 2.24. The fraction of sp³-hybridized carbons (Fsp3) is 0.636. The summed E-state index contributed by atoms with van der Waals surface area (Å²) in [5.74, 6) is 0. The third-order valence-electron chi connectivity index (χ3n) is 2.97. The molecule has 0 radical (unpaired) electrons. The van der Waals surface area contributed by atoms with Crippen molar-refractivity contribution in [1.29, 1.82) is 0 Å². The molecule has 1 unspecified atom stereocenters. The van der Waals surface area contributed by atoms with Gasteiger partial charge in [-0.3, -0.25) is 4.90 Å². The van der Waals surface area contributed by atoms with E-state index >= 15 is 0 Å². The number of likely N-dealkylation sites (tertiary alicyclic amines) is 1. The maximum absolute atomic E-state index is 5.79. The van der Waals surface area contributed by atoms with Gasteiger partial charge in [-0.05, 0) is 26.3 Å². The summed E-state index contributed by atoms with van der Waals surface area (Å²) in [7, 11) is 0. The number of nitrogens with two attached hydrogens (primary N) is 1. The van der Waals surface area contributed by atoms with Crippen LogP contribution in [-0.2, 0) is 6.54 Å². The first-order valence-electron chi connectivity index (χ1n) is 5.61. The fourth-order valence-corrected chi connectivity index (χ4v) is 3.06. The number of aromatic nitrogens is 1. The lowest BCUT2D eigenvalue weighted by molar-refractivity contribution is 0.183. The third-order valence-corrected chi connectivity index (χ3v) is 4.07. The molecule has 1 aliphatic heterocycles. The van der Waals surface area contributed by atoms with Gasteiger partial charge < -0.3 is 5.73 Å². The van der Waals surface area contributed by atoms with Crippen molar-refractivity contribution in [2.24, 2.45) is 5.73 Å². The highest BCUT2D eigenvalue weighted by Crippen LogP contribution is 2.20. The lowest BCUT2D eigenvalue weighted by Gasteiger charge is -2.34. The quantitative estimate of drug-likeness (QED) is 0.840. The van der Waals surface area contributed by atoms with Crippen LogP contribution < -0.4 is 5.73 Å². The summed E-state index contributed by atoms with van der Waals surface area (Å²) in [5, 5.41) is 3.25. The van der Waals surface area contributed by atoms with E-state index in [0.29, 0.717) is 4.99 Å². The standard InChI is InChI=1S/C11H17N3S2/c1-8-13-9(7-16-8)6-14-5-3-2-4-10(14)11(12)15/h7,10H,2-6H2,1H3,(H2,12,15). The van der Waals surface area contributed by atoms with Gasteiger partial charge >= 0.3 is 0 Å². The maximum Gasteiger partial charge on any atom is 0.0902 e. The lowest BCUT2D eigenvalue weighted by atomic mass is 10.0. The molecule has 0 aromatic carbocycles. The molecule has 1 atom stereocenters. The van der Waals surface area contributed by atoms with Gasteiger partial charge in [-0.1, -0.05) is 18.6 Å². The largest absolute Gasteiger partial charge is 0.392 e. The van der Waals surface area contributed by atoms with E-state index < -0.39 is 0 Å². The van der Waals surface area contributed by atoms with Crippen molar-refractivity contribution in [1.82, 2.24) is 9.88 Å². The Morgan fingerprint density at radius 3 is 3.12 bits per heavy atom. The number of rotatable bonds is 3. The normalized spacial score (nSPS) is 22.2. The Balaban J connectivity index is 2.03. The summed E-state index contributed by atoms with van der Waals surface area (Å²) in [4.78, 5) is 7.48. The van der Waals surface area contributed by atoms with Gasteiger partial charge in [-0.2, -0.15) is 0 Å². The van der Waals surface area contributed by atoms with Crippen LogP contribution in [0.4, 0.5) is 0 Å². The van der Waals surface area contributed by atoms with Crippen LogP contribution in [0.1, 0.15) is 30.0 Å². The van der Waals surface area contributed by atoms with Crippen LogP contribution >= 0.6 is 23.6 Å². The second kappa shape index (κ2) is 5.21. The number of nitrogens with zero attached hydrogens (tertiary/aromatic N) is 2. The highest BCUT2D eigenvalue weighted by molar-refractivity contribution is 7.80. The zero-order valence-electron chi connectivity index (χ0n) is 9.48. The third kappa shape index (κ3) is 2.78. The van der Waals surface area contributed by atoms with Gasteiger partial charge in [0.05, 0.1) is 21.7 Å². The van der Waals surface area contributed by atoms with E-state index in [-0.39, 0.29) is 6.04 Å². The van der Waals surface area contributed by atoms with Gasteiger partial charge in [-0.25, -0.2) is 4.98 Å². The Morgan fingerprint density at radius 1 is 1.69 bits per heavy atom. The molecule has 0 aliphatic carbocycles. The molecule has 1 fully saturated rings. The first-order chi connectivity index (χ1) is 7.66. The molecule has 1 saturated heterocycles. The van der Waals surface area contributed by atoms with Crippen molar-refractivity contribution in [3.05, 3.63) is 16.1 Å². The Kier molecular flexibility index (Phi) is 3.89. The zero-order chi connectivity index (χ0) is 11.5. The lowest BCUT2D eigenvalue weighted by Crippen LogP contribution is -2.46. The van der Waals surface area contributed by atoms with E-state index in [1.807, 2.05) is 6.92 Å². The topological polar surface area (TPSA) is 42.2 Å². The van der Waals surface area contributed by atoms with Gasteiger partial charge in [0, 0.05) is 11.9 Å². The van der Waals surface area contributed by atoms with E-state index in [9.17, 15) is 0 Å². The fourth-order valence-electron chi connectivity index (χ4n) is 2.19. The molecule has 0 amide bonds. The minimum absolute atomic E-state index is 0.269. The number of aryl methyl sites for hydroxylation is 1. The van der Waals surface area contributed by atoms with Gasteiger partial charge in [-0.15, -0.1) is 11.3 Å². The van der Waals surface area contributed by atoms with Crippen LogP contribution in [0, 0.1) is 6.92 Å². The first kappa shape index (κ1) is 12.0. The molecule has 1 aromatic rings. The van der Waals surface area contributed by atoms with Gasteiger partial charge in [0.25, 0.3) is 0 Å². The van der Waals surface area contributed by atoms with Crippen LogP contribution in [0.25, 0.3) is 0 Å². The molecule has 1 aromatic heterocycles. The van der Waals surface area contributed by atoms with Gasteiger partial charge in [0.2, 0.25) is 0 Å². The average molecular weight is 255 g/mol. The highest BCUT2D eigenvalue weighted by atomic mass is 32.1. The summed E-state index contributed by atoms with van der Waals surface area (Å²) in [6.45, 7) is 4.00. The number of hydrogen-bond donors (Lipinski definition) is 1. The maximum atomic E-state index is 5.79. The summed E-state index contributed by atoms with van der Waals surface area (Å²) in [6.07, 6.45) is 3.56. The number of hydrogen-bond acceptors (Lipinski definition) is 4. The van der Waals surface area contributed by atoms with Crippen LogP contribution in [0.5, 0.6) is 0 Å². The van der Waals surface area contributed by atoms with Gasteiger partial charge in [0.1, 0.15) is 0 Å². The number of piperidine rings is 1. The molecule has 0 bridgehead atoms. The Hall–Kier alpha value is -0.520. The summed E-state index contributed by atoms with van der Waals surface area (Å²) in [6, 6.07) is 0.269. The Labute approximate surface area is 106 Å². The van der Waals surface area contributed by atoms with E-state index in [4.69, 9.17) is 18.0 Å². The summed E-state index contributed by atoms with van der Waals surface area (Å²) >= 11 is 6.83. The molecular formula is C11H17N3S2. The van der Waals surface area contributed by atoms with Crippen molar-refractivity contribution in [2.45, 2.75) is 38.8 Å². The molecule has 2 heterocycles. The van der Waals surface area contributed by atoms with Crippen molar-refractivity contribution in [3.8, 4) is 0 Å². The van der Waals surface area contributed by atoms with Gasteiger partial charge in [0.15, 0.2) is 0 Å². The smallest absolute Gasteiger partial charge is 0.0902 e. The predicted octanol–water partition coefficient (Wildman–Crippen LogP) is 2.09. The van der Waals surface area contributed by atoms with Crippen molar-refractivity contribution in [2.75, 3.05) is 6.54 Å². The molecule has 0 saturated carbocycles. The average Bonchev–Trinajstić information content (AvgIpc) is 2.64. The van der Waals surface area contributed by atoms with Crippen LogP contribution in [0.2, 0.25) is 0 Å². The predicted molar refractivity (Wildman–Crippen MR) is 71.7 cm³/mol. The minimum Gasteiger partial charge on any atom is -0.392 e. The Bertz CT molecular complexity index is 375. The van der Waals surface area contributed by atoms with Crippen molar-refractivity contribution >= 4 is 28.5 Å². The molecular weight excluding hydrogens is 238 g/mol. The van der Waals surface area contributed by atoms with E-state index in [1.165, 1.54) is 12.8 Å². The molecule has 5 heteroatoms. The van der Waals surface area contributed by atoms with Crippen molar-refractivity contribution in [3.63, 3.8) is 0 Å². The zero-order valence-corrected chi connectivity index (χ0v) is 11.1. The second-order valence-corrected chi connectivity index (χ2v) is 5.78. The first-order valence-corrected chi connectivity index (χ1v) is 6.90. The minimum atomic E-state index is 0.269. The van der Waals surface area contributed by atoms with Crippen LogP contribution in [-0.4, -0.2) is 27.5 Å². The molecule has 16 heavy (non-hydrogen) atoms. The summed E-state index contributed by atoms with van der Waals surface area (Å²) < 4.78 is 0.